The number of hydrogen-bond acceptors (Lipinski definition) is 4. The van der Waals surface area contributed by atoms with Gasteiger partial charge in [-0.1, -0.05) is 78.4 Å². The lowest BCUT2D eigenvalue weighted by Crippen LogP contribution is -2.43. The molecule has 5 aromatic rings. The van der Waals surface area contributed by atoms with Crippen LogP contribution in [-0.2, 0) is 5.54 Å². The maximum absolute atomic E-state index is 6.54. The number of hydrogen-bond donors (Lipinski definition) is 1. The monoisotopic (exact) mass is 431 g/mol. The number of fused-ring (bicyclic) bond motifs is 1. The van der Waals surface area contributed by atoms with Crippen molar-refractivity contribution < 1.29 is 0 Å². The zero-order valence-corrected chi connectivity index (χ0v) is 18.6. The molecule has 3 aromatic carbocycles. The first-order valence-corrected chi connectivity index (χ1v) is 11.4. The number of nitrogens with two attached hydrogens (primary N) is 1. The lowest BCUT2D eigenvalue weighted by molar-refractivity contribution is 0.253. The van der Waals surface area contributed by atoms with Crippen LogP contribution >= 0.6 is 0 Å². The summed E-state index contributed by atoms with van der Waals surface area (Å²) in [5, 5.41) is 4.74. The minimum absolute atomic E-state index is 0.173. The Hall–Kier alpha value is -3.83. The van der Waals surface area contributed by atoms with Crippen molar-refractivity contribution in [1.29, 1.82) is 0 Å². The van der Waals surface area contributed by atoms with Crippen LogP contribution in [0.4, 0.5) is 0 Å². The van der Waals surface area contributed by atoms with E-state index in [9.17, 15) is 0 Å². The van der Waals surface area contributed by atoms with Gasteiger partial charge in [-0.2, -0.15) is 4.98 Å². The van der Waals surface area contributed by atoms with E-state index in [1.165, 1.54) is 17.5 Å². The highest BCUT2D eigenvalue weighted by atomic mass is 15.3. The second kappa shape index (κ2) is 7.64. The number of benzene rings is 3. The molecular weight excluding hydrogens is 406 g/mol. The standard InChI is InChI=1S/C28H25N5/c1-19-7-5-10-22(17-19)26-31-27-30-25(21-11-13-23(14-12-21)28(29)15-6-16-28)24(18-33(27)32-26)20-8-3-2-4-9-20/h2-5,7-14,17-18H,6,15-16,29H2,1H3. The molecule has 33 heavy (non-hydrogen) atoms. The molecule has 0 spiro atoms. The number of nitrogens with zero attached hydrogens (tertiary/aromatic N) is 4. The summed E-state index contributed by atoms with van der Waals surface area (Å²) in [6.07, 6.45) is 5.33. The highest BCUT2D eigenvalue weighted by Gasteiger charge is 2.34. The summed E-state index contributed by atoms with van der Waals surface area (Å²) in [4.78, 5) is 9.72. The predicted octanol–water partition coefficient (Wildman–Crippen LogP) is 5.77. The van der Waals surface area contributed by atoms with Crippen LogP contribution in [0.2, 0.25) is 0 Å². The van der Waals surface area contributed by atoms with Crippen molar-refractivity contribution in [2.45, 2.75) is 31.7 Å². The molecule has 0 bridgehead atoms. The van der Waals surface area contributed by atoms with E-state index < -0.39 is 0 Å². The van der Waals surface area contributed by atoms with Gasteiger partial charge in [-0.25, -0.2) is 9.50 Å². The van der Waals surface area contributed by atoms with Gasteiger partial charge in [0, 0.05) is 28.4 Å². The maximum atomic E-state index is 6.54. The van der Waals surface area contributed by atoms with Crippen LogP contribution in [0.15, 0.2) is 85.1 Å². The molecule has 2 N–H and O–H groups in total. The minimum atomic E-state index is -0.173. The molecule has 0 saturated heterocycles. The van der Waals surface area contributed by atoms with E-state index in [2.05, 4.69) is 55.5 Å². The van der Waals surface area contributed by atoms with E-state index in [0.29, 0.717) is 11.6 Å². The topological polar surface area (TPSA) is 69.1 Å². The minimum Gasteiger partial charge on any atom is -0.321 e. The largest absolute Gasteiger partial charge is 0.321 e. The van der Waals surface area contributed by atoms with Crippen molar-refractivity contribution in [2.75, 3.05) is 0 Å². The average Bonchev–Trinajstić information content (AvgIpc) is 3.26. The highest BCUT2D eigenvalue weighted by molar-refractivity contribution is 5.81. The first-order valence-electron chi connectivity index (χ1n) is 11.4. The molecule has 1 aliphatic carbocycles. The summed E-state index contributed by atoms with van der Waals surface area (Å²) in [7, 11) is 0. The summed E-state index contributed by atoms with van der Waals surface area (Å²) in [6, 6.07) is 27.1. The maximum Gasteiger partial charge on any atom is 0.253 e. The van der Waals surface area contributed by atoms with Gasteiger partial charge >= 0.3 is 0 Å². The zero-order valence-electron chi connectivity index (χ0n) is 18.6. The quantitative estimate of drug-likeness (QED) is 0.392. The van der Waals surface area contributed by atoms with E-state index in [0.717, 1.165) is 40.8 Å². The summed E-state index contributed by atoms with van der Waals surface area (Å²) in [6.45, 7) is 2.07. The third kappa shape index (κ3) is 3.51. The first kappa shape index (κ1) is 19.8. The molecule has 6 rings (SSSR count). The first-order chi connectivity index (χ1) is 16.1. The molecule has 162 valence electrons. The molecular formula is C28H25N5. The van der Waals surface area contributed by atoms with Crippen LogP contribution in [-0.4, -0.2) is 19.6 Å². The molecule has 5 nitrogen and oxygen atoms in total. The Balaban J connectivity index is 1.50. The number of aryl methyl sites for hydroxylation is 1. The summed E-state index contributed by atoms with van der Waals surface area (Å²) >= 11 is 0. The van der Waals surface area contributed by atoms with Crippen LogP contribution in [0, 0.1) is 6.92 Å². The van der Waals surface area contributed by atoms with E-state index in [-0.39, 0.29) is 5.54 Å². The Morgan fingerprint density at radius 1 is 0.818 bits per heavy atom. The van der Waals surface area contributed by atoms with Gasteiger partial charge in [-0.05, 0) is 43.4 Å². The van der Waals surface area contributed by atoms with Gasteiger partial charge in [0.25, 0.3) is 5.78 Å². The summed E-state index contributed by atoms with van der Waals surface area (Å²) in [5.74, 6) is 1.26. The molecule has 1 fully saturated rings. The van der Waals surface area contributed by atoms with Crippen molar-refractivity contribution >= 4 is 5.78 Å². The lowest BCUT2D eigenvalue weighted by atomic mass is 9.72. The summed E-state index contributed by atoms with van der Waals surface area (Å²) < 4.78 is 1.78. The zero-order chi connectivity index (χ0) is 22.4. The summed E-state index contributed by atoms with van der Waals surface area (Å²) in [5.41, 5.74) is 13.8. The Bertz CT molecular complexity index is 1450. The van der Waals surface area contributed by atoms with E-state index >= 15 is 0 Å². The molecule has 0 amide bonds. The molecule has 0 unspecified atom stereocenters. The van der Waals surface area contributed by atoms with Crippen LogP contribution in [0.3, 0.4) is 0 Å². The SMILES string of the molecule is Cc1cccc(-c2nc3nc(-c4ccc(C5(N)CCC5)cc4)c(-c4ccccc4)cn3n2)c1. The smallest absolute Gasteiger partial charge is 0.253 e. The van der Waals surface area contributed by atoms with Crippen LogP contribution < -0.4 is 5.73 Å². The third-order valence-electron chi connectivity index (χ3n) is 6.67. The van der Waals surface area contributed by atoms with Crippen LogP contribution in [0.25, 0.3) is 39.5 Å². The van der Waals surface area contributed by atoms with Crippen LogP contribution in [0.5, 0.6) is 0 Å². The molecule has 0 radical (unpaired) electrons. The van der Waals surface area contributed by atoms with Gasteiger partial charge in [-0.3, -0.25) is 0 Å². The fourth-order valence-electron chi connectivity index (χ4n) is 4.58. The molecule has 1 aliphatic rings. The Morgan fingerprint density at radius 2 is 1.58 bits per heavy atom. The normalized spacial score (nSPS) is 14.8. The van der Waals surface area contributed by atoms with E-state index in [1.54, 1.807) is 4.52 Å². The predicted molar refractivity (Wildman–Crippen MR) is 132 cm³/mol. The van der Waals surface area contributed by atoms with Crippen molar-refractivity contribution in [2.24, 2.45) is 5.73 Å². The molecule has 2 aromatic heterocycles. The van der Waals surface area contributed by atoms with E-state index in [4.69, 9.17) is 20.8 Å². The van der Waals surface area contributed by atoms with Crippen molar-refractivity contribution in [3.05, 3.63) is 96.2 Å². The fourth-order valence-corrected chi connectivity index (χ4v) is 4.58. The van der Waals surface area contributed by atoms with E-state index in [1.807, 2.05) is 36.5 Å². The molecule has 1 saturated carbocycles. The average molecular weight is 432 g/mol. The second-order valence-corrected chi connectivity index (χ2v) is 9.01. The van der Waals surface area contributed by atoms with Crippen molar-refractivity contribution in [3.8, 4) is 33.8 Å². The van der Waals surface area contributed by atoms with Gasteiger partial charge in [0.1, 0.15) is 0 Å². The van der Waals surface area contributed by atoms with Gasteiger partial charge in [0.05, 0.1) is 5.69 Å². The second-order valence-electron chi connectivity index (χ2n) is 9.01. The van der Waals surface area contributed by atoms with Gasteiger partial charge < -0.3 is 5.73 Å². The van der Waals surface area contributed by atoms with Gasteiger partial charge in [0.2, 0.25) is 0 Å². The van der Waals surface area contributed by atoms with Crippen molar-refractivity contribution in [3.63, 3.8) is 0 Å². The Morgan fingerprint density at radius 3 is 2.27 bits per heavy atom. The van der Waals surface area contributed by atoms with Crippen molar-refractivity contribution in [1.82, 2.24) is 19.6 Å². The molecule has 0 aliphatic heterocycles. The fraction of sp³-hybridized carbons (Fsp3) is 0.179. The molecule has 2 heterocycles. The van der Waals surface area contributed by atoms with Gasteiger partial charge in [-0.15, -0.1) is 5.10 Å². The lowest BCUT2D eigenvalue weighted by Gasteiger charge is -2.38. The molecule has 0 atom stereocenters. The third-order valence-corrected chi connectivity index (χ3v) is 6.67. The number of aromatic nitrogens is 4. The highest BCUT2D eigenvalue weighted by Crippen LogP contribution is 2.39. The molecule has 5 heteroatoms. The number of rotatable bonds is 4. The van der Waals surface area contributed by atoms with Gasteiger partial charge in [0.15, 0.2) is 5.82 Å². The Kier molecular flexibility index (Phi) is 4.59. The Labute approximate surface area is 193 Å². The van der Waals surface area contributed by atoms with Crippen LogP contribution in [0.1, 0.15) is 30.4 Å².